The first-order valence-corrected chi connectivity index (χ1v) is 12.9. The fourth-order valence-electron chi connectivity index (χ4n) is 4.35. The highest BCUT2D eigenvalue weighted by molar-refractivity contribution is 7.81. The van der Waals surface area contributed by atoms with Gasteiger partial charge in [0.2, 0.25) is 6.43 Å². The lowest BCUT2D eigenvalue weighted by molar-refractivity contribution is -0.117. The molecular weight excluding hydrogens is 551 g/mol. The Morgan fingerprint density at radius 2 is 2.17 bits per heavy atom. The van der Waals surface area contributed by atoms with E-state index in [9.17, 15) is 27.9 Å². The minimum atomic E-state index is -2.77. The van der Waals surface area contributed by atoms with Gasteiger partial charge in [-0.05, 0) is 18.2 Å². The van der Waals surface area contributed by atoms with E-state index in [0.717, 1.165) is 6.07 Å². The first-order chi connectivity index (χ1) is 19.2. The fraction of sp³-hybridized carbons (Fsp3) is 0.385. The molecule has 1 aromatic heterocycles. The summed E-state index contributed by atoms with van der Waals surface area (Å²) in [4.78, 5) is 29.4. The predicted molar refractivity (Wildman–Crippen MR) is 143 cm³/mol. The third-order valence-electron chi connectivity index (χ3n) is 6.34. The van der Waals surface area contributed by atoms with Crippen molar-refractivity contribution in [2.75, 3.05) is 38.2 Å². The summed E-state index contributed by atoms with van der Waals surface area (Å²) >= 11 is 5.45. The summed E-state index contributed by atoms with van der Waals surface area (Å²) in [6, 6.07) is 5.61. The van der Waals surface area contributed by atoms with E-state index in [1.807, 2.05) is 0 Å². The van der Waals surface area contributed by atoms with Crippen LogP contribution in [0.5, 0.6) is 5.75 Å². The highest BCUT2D eigenvalue weighted by Crippen LogP contribution is 2.25. The average molecular weight is 580 g/mol. The number of morpholine rings is 1. The third-order valence-corrected chi connectivity index (χ3v) is 6.64. The fourth-order valence-corrected chi connectivity index (χ4v) is 4.68. The lowest BCUT2D eigenvalue weighted by atomic mass is 10.0. The van der Waals surface area contributed by atoms with E-state index < -0.39 is 36.8 Å². The van der Waals surface area contributed by atoms with E-state index in [1.165, 1.54) is 23.2 Å². The molecule has 10 nitrogen and oxygen atoms in total. The van der Waals surface area contributed by atoms with Gasteiger partial charge in [0.15, 0.2) is 0 Å². The van der Waals surface area contributed by atoms with Crippen molar-refractivity contribution in [2.45, 2.75) is 31.9 Å². The molecular formula is C26H28F3N5O5S. The number of aromatic nitrogens is 1. The smallest absolute Gasteiger partial charge is 0.407 e. The standard InChI is InChI=1S/C26H28F3N5O5S/c27-18-2-1-3-19(17(18)10-22(28)29)33-25(40)23-20(5-7-31-24(23)35)32-11-15-4-6-30-12-21(15)39-14-16-13-34(26(36)37)8-9-38-16/h1-4,6,12,16,22,32H,5,7-11,13-14H2,(H,31,35)(H,33,40)(H,36,37)/t16-/m0/s1. The van der Waals surface area contributed by atoms with Gasteiger partial charge in [-0.25, -0.2) is 18.0 Å². The molecule has 0 saturated carbocycles. The Morgan fingerprint density at radius 1 is 1.35 bits per heavy atom. The van der Waals surface area contributed by atoms with Crippen LogP contribution >= 0.6 is 12.2 Å². The second-order valence-electron chi connectivity index (χ2n) is 9.04. The second kappa shape index (κ2) is 13.4. The van der Waals surface area contributed by atoms with Gasteiger partial charge < -0.3 is 35.4 Å². The maximum atomic E-state index is 14.3. The van der Waals surface area contributed by atoms with Gasteiger partial charge >= 0.3 is 6.09 Å². The Hall–Kier alpha value is -3.91. The summed E-state index contributed by atoms with van der Waals surface area (Å²) in [5.41, 5.74) is 1.19. The van der Waals surface area contributed by atoms with Crippen LogP contribution in [0.25, 0.3) is 0 Å². The van der Waals surface area contributed by atoms with Crippen molar-refractivity contribution in [2.24, 2.45) is 0 Å². The minimum absolute atomic E-state index is 0.0375. The maximum Gasteiger partial charge on any atom is 0.407 e. The SMILES string of the molecule is O=C1NCCC(NCc2ccncc2OC[C@@H]2CN(C(=O)O)CCO2)=C1C(=S)Nc1cccc(F)c1CC(F)F. The number of anilines is 1. The van der Waals surface area contributed by atoms with E-state index in [2.05, 4.69) is 20.9 Å². The molecule has 2 aromatic rings. The Kier molecular flexibility index (Phi) is 9.77. The summed E-state index contributed by atoms with van der Waals surface area (Å²) in [6.45, 7) is 1.44. The minimum Gasteiger partial charge on any atom is -0.489 e. The van der Waals surface area contributed by atoms with Crippen LogP contribution in [0.2, 0.25) is 0 Å². The summed E-state index contributed by atoms with van der Waals surface area (Å²) in [5.74, 6) is -0.805. The zero-order valence-corrected chi connectivity index (χ0v) is 22.1. The second-order valence-corrected chi connectivity index (χ2v) is 9.45. The molecule has 1 atom stereocenters. The highest BCUT2D eigenvalue weighted by atomic mass is 32.1. The molecule has 214 valence electrons. The van der Waals surface area contributed by atoms with Gasteiger partial charge in [-0.3, -0.25) is 9.78 Å². The number of amides is 2. The Morgan fingerprint density at radius 3 is 2.95 bits per heavy atom. The Bertz CT molecular complexity index is 1300. The molecule has 0 aliphatic carbocycles. The van der Waals surface area contributed by atoms with Crippen molar-refractivity contribution in [3.8, 4) is 5.75 Å². The molecule has 0 radical (unpaired) electrons. The number of pyridine rings is 1. The third kappa shape index (κ3) is 7.39. The summed E-state index contributed by atoms with van der Waals surface area (Å²) in [7, 11) is 0. The number of carbonyl (C=O) groups is 2. The molecule has 3 heterocycles. The molecule has 0 unspecified atom stereocenters. The molecule has 4 N–H and O–H groups in total. The quantitative estimate of drug-likeness (QED) is 0.314. The predicted octanol–water partition coefficient (Wildman–Crippen LogP) is 3.09. The van der Waals surface area contributed by atoms with Gasteiger partial charge in [-0.1, -0.05) is 18.3 Å². The van der Waals surface area contributed by atoms with Crippen LogP contribution in [0.4, 0.5) is 23.7 Å². The van der Waals surface area contributed by atoms with E-state index in [0.29, 0.717) is 36.5 Å². The van der Waals surface area contributed by atoms with E-state index in [1.54, 1.807) is 12.3 Å². The number of carboxylic acid groups (broad SMARTS) is 1. The first kappa shape index (κ1) is 29.1. The van der Waals surface area contributed by atoms with Crippen LogP contribution in [0.1, 0.15) is 17.5 Å². The molecule has 4 rings (SSSR count). The van der Waals surface area contributed by atoms with Crippen molar-refractivity contribution in [3.05, 3.63) is 64.9 Å². The molecule has 2 aliphatic heterocycles. The van der Waals surface area contributed by atoms with Gasteiger partial charge in [0.05, 0.1) is 24.9 Å². The van der Waals surface area contributed by atoms with Gasteiger partial charge in [-0.2, -0.15) is 0 Å². The maximum absolute atomic E-state index is 14.3. The number of alkyl halides is 2. The van der Waals surface area contributed by atoms with Crippen molar-refractivity contribution in [3.63, 3.8) is 0 Å². The van der Waals surface area contributed by atoms with Crippen molar-refractivity contribution in [1.82, 2.24) is 20.5 Å². The van der Waals surface area contributed by atoms with Crippen LogP contribution in [-0.4, -0.2) is 77.4 Å². The van der Waals surface area contributed by atoms with Gasteiger partial charge in [0.25, 0.3) is 5.91 Å². The number of nitrogens with zero attached hydrogens (tertiary/aromatic N) is 2. The monoisotopic (exact) mass is 579 g/mol. The molecule has 0 spiro atoms. The number of halogens is 3. The number of thiocarbonyl (C=S) groups is 1. The average Bonchev–Trinajstić information content (AvgIpc) is 2.93. The molecule has 1 saturated heterocycles. The van der Waals surface area contributed by atoms with Crippen LogP contribution in [0, 0.1) is 5.82 Å². The molecule has 0 bridgehead atoms. The zero-order valence-electron chi connectivity index (χ0n) is 21.3. The lowest BCUT2D eigenvalue weighted by Gasteiger charge is -2.31. The zero-order chi connectivity index (χ0) is 28.6. The van der Waals surface area contributed by atoms with Crippen LogP contribution in [-0.2, 0) is 22.5 Å². The number of hydrogen-bond acceptors (Lipinski definition) is 7. The molecule has 40 heavy (non-hydrogen) atoms. The molecule has 14 heteroatoms. The van der Waals surface area contributed by atoms with E-state index >= 15 is 0 Å². The van der Waals surface area contributed by atoms with Gasteiger partial charge in [-0.15, -0.1) is 0 Å². The van der Waals surface area contributed by atoms with E-state index in [4.69, 9.17) is 21.7 Å². The van der Waals surface area contributed by atoms with Crippen LogP contribution in [0.3, 0.4) is 0 Å². The number of rotatable bonds is 10. The van der Waals surface area contributed by atoms with Crippen molar-refractivity contribution >= 4 is 34.9 Å². The number of carbonyl (C=O) groups excluding carboxylic acids is 1. The molecule has 1 aromatic carbocycles. The Labute approximate surface area is 233 Å². The first-order valence-electron chi connectivity index (χ1n) is 12.5. The molecule has 1 fully saturated rings. The number of ether oxygens (including phenoxy) is 2. The number of hydrogen-bond donors (Lipinski definition) is 4. The van der Waals surface area contributed by atoms with Crippen LogP contribution in [0.15, 0.2) is 47.9 Å². The normalized spacial score (nSPS) is 17.4. The number of nitrogens with one attached hydrogen (secondary N) is 3. The summed E-state index contributed by atoms with van der Waals surface area (Å²) in [5, 5.41) is 17.9. The van der Waals surface area contributed by atoms with Crippen molar-refractivity contribution in [1.29, 1.82) is 0 Å². The lowest BCUT2D eigenvalue weighted by Crippen LogP contribution is -2.47. The van der Waals surface area contributed by atoms with Crippen LogP contribution < -0.4 is 20.7 Å². The molecule has 2 aliphatic rings. The summed E-state index contributed by atoms with van der Waals surface area (Å²) in [6.07, 6.45) is -1.51. The van der Waals surface area contributed by atoms with Crippen molar-refractivity contribution < 1.29 is 37.3 Å². The van der Waals surface area contributed by atoms with Gasteiger partial charge in [0.1, 0.15) is 29.3 Å². The number of benzene rings is 1. The topological polar surface area (TPSA) is 125 Å². The van der Waals surface area contributed by atoms with Gasteiger partial charge in [0, 0.05) is 61.2 Å². The summed E-state index contributed by atoms with van der Waals surface area (Å²) < 4.78 is 51.9. The molecule has 2 amide bonds. The largest absolute Gasteiger partial charge is 0.489 e. The van der Waals surface area contributed by atoms with E-state index in [-0.39, 0.29) is 48.1 Å². The Balaban J connectivity index is 1.46. The highest BCUT2D eigenvalue weighted by Gasteiger charge is 2.27.